The second-order valence-electron chi connectivity index (χ2n) is 2.38. The second-order valence-corrected chi connectivity index (χ2v) is 4.08. The van der Waals surface area contributed by atoms with Crippen LogP contribution in [0.4, 0.5) is 17.6 Å². The third-order valence-electron chi connectivity index (χ3n) is 1.43. The Bertz CT molecular complexity index is 375. The largest absolute Gasteiger partial charge is 0.504 e. The molecule has 7 heteroatoms. The molecule has 0 saturated heterocycles. The van der Waals surface area contributed by atoms with E-state index in [2.05, 4.69) is 31.9 Å². The van der Waals surface area contributed by atoms with Crippen LogP contribution in [0, 0.1) is 5.82 Å². The Kier molecular flexibility index (Phi) is 3.10. The first-order chi connectivity index (χ1) is 6.25. The molecule has 0 radical (unpaired) electrons. The van der Waals surface area contributed by atoms with Crippen molar-refractivity contribution in [2.24, 2.45) is 0 Å². The SMILES string of the molecule is Oc1c(Br)cc(Br)c(C(F)(F)F)c1F. The highest BCUT2D eigenvalue weighted by molar-refractivity contribution is 9.11. The van der Waals surface area contributed by atoms with Crippen LogP contribution in [0.5, 0.6) is 5.75 Å². The van der Waals surface area contributed by atoms with E-state index in [0.717, 1.165) is 6.07 Å². The van der Waals surface area contributed by atoms with Crippen molar-refractivity contribution in [1.82, 2.24) is 0 Å². The van der Waals surface area contributed by atoms with Crippen LogP contribution in [0.2, 0.25) is 0 Å². The Morgan fingerprint density at radius 2 is 1.64 bits per heavy atom. The number of rotatable bonds is 0. The lowest BCUT2D eigenvalue weighted by Crippen LogP contribution is -2.09. The minimum absolute atomic E-state index is 0.144. The van der Waals surface area contributed by atoms with Crippen LogP contribution in [-0.2, 0) is 6.18 Å². The highest BCUT2D eigenvalue weighted by Crippen LogP contribution is 2.42. The van der Waals surface area contributed by atoms with Gasteiger partial charge in [0.1, 0.15) is 5.56 Å². The van der Waals surface area contributed by atoms with E-state index in [4.69, 9.17) is 5.11 Å². The summed E-state index contributed by atoms with van der Waals surface area (Å²) >= 11 is 5.28. The van der Waals surface area contributed by atoms with Gasteiger partial charge in [0.2, 0.25) is 0 Å². The molecule has 0 saturated carbocycles. The molecule has 1 nitrogen and oxygen atoms in total. The maximum Gasteiger partial charge on any atom is 0.420 e. The van der Waals surface area contributed by atoms with Crippen molar-refractivity contribution in [1.29, 1.82) is 0 Å². The van der Waals surface area contributed by atoms with E-state index < -0.39 is 27.8 Å². The normalized spacial score (nSPS) is 11.9. The Hall–Kier alpha value is -0.300. The molecule has 0 spiro atoms. The van der Waals surface area contributed by atoms with E-state index in [-0.39, 0.29) is 4.47 Å². The Morgan fingerprint density at radius 3 is 2.07 bits per heavy atom. The van der Waals surface area contributed by atoms with E-state index in [1.807, 2.05) is 0 Å². The Labute approximate surface area is 93.0 Å². The van der Waals surface area contributed by atoms with Gasteiger partial charge >= 0.3 is 6.18 Å². The molecule has 14 heavy (non-hydrogen) atoms. The summed E-state index contributed by atoms with van der Waals surface area (Å²) in [4.78, 5) is 0. The summed E-state index contributed by atoms with van der Waals surface area (Å²) in [6.45, 7) is 0. The van der Waals surface area contributed by atoms with E-state index in [1.54, 1.807) is 0 Å². The number of benzene rings is 1. The number of alkyl halides is 3. The summed E-state index contributed by atoms with van der Waals surface area (Å²) in [5.41, 5.74) is -1.52. The van der Waals surface area contributed by atoms with Gasteiger partial charge < -0.3 is 5.11 Å². The van der Waals surface area contributed by atoms with Crippen LogP contribution in [0.3, 0.4) is 0 Å². The number of hydrogen-bond donors (Lipinski definition) is 1. The maximum atomic E-state index is 13.0. The zero-order chi connectivity index (χ0) is 11.1. The summed E-state index contributed by atoms with van der Waals surface area (Å²) in [5, 5.41) is 8.93. The lowest BCUT2D eigenvalue weighted by Gasteiger charge is -2.11. The standard InChI is InChI=1S/C7H2Br2F4O/c8-2-1-3(9)6(14)5(10)4(2)7(11,12)13/h1,14H. The monoisotopic (exact) mass is 336 g/mol. The van der Waals surface area contributed by atoms with Gasteiger partial charge in [-0.2, -0.15) is 13.2 Å². The first kappa shape index (κ1) is 11.8. The fourth-order valence-corrected chi connectivity index (χ4v) is 2.18. The summed E-state index contributed by atoms with van der Waals surface area (Å²) < 4.78 is 49.1. The molecule has 0 atom stereocenters. The van der Waals surface area contributed by atoms with Crippen molar-refractivity contribution < 1.29 is 22.7 Å². The molecule has 0 aliphatic heterocycles. The van der Waals surface area contributed by atoms with Gasteiger partial charge in [-0.15, -0.1) is 0 Å². The van der Waals surface area contributed by atoms with Crippen LogP contribution >= 0.6 is 31.9 Å². The van der Waals surface area contributed by atoms with Gasteiger partial charge in [0.25, 0.3) is 0 Å². The molecule has 78 valence electrons. The summed E-state index contributed by atoms with van der Waals surface area (Å²) in [6, 6.07) is 0.932. The number of phenols is 1. The van der Waals surface area contributed by atoms with Gasteiger partial charge in [0.05, 0.1) is 4.47 Å². The summed E-state index contributed by atoms with van der Waals surface area (Å²) in [6.07, 6.45) is -4.85. The summed E-state index contributed by atoms with van der Waals surface area (Å²) in [5.74, 6) is -2.75. The number of aromatic hydroxyl groups is 1. The summed E-state index contributed by atoms with van der Waals surface area (Å²) in [7, 11) is 0. The lowest BCUT2D eigenvalue weighted by molar-refractivity contribution is -0.140. The van der Waals surface area contributed by atoms with Crippen molar-refractivity contribution >= 4 is 31.9 Å². The number of phenolic OH excluding ortho intramolecular Hbond substituents is 1. The minimum atomic E-state index is -4.85. The smallest absolute Gasteiger partial charge is 0.420 e. The molecule has 0 aliphatic rings. The third-order valence-corrected chi connectivity index (χ3v) is 2.66. The van der Waals surface area contributed by atoms with Crippen molar-refractivity contribution in [3.05, 3.63) is 26.4 Å². The zero-order valence-electron chi connectivity index (χ0n) is 6.29. The van der Waals surface area contributed by atoms with Crippen LogP contribution in [-0.4, -0.2) is 5.11 Å². The van der Waals surface area contributed by atoms with Crippen molar-refractivity contribution in [3.8, 4) is 5.75 Å². The molecule has 0 amide bonds. The first-order valence-electron chi connectivity index (χ1n) is 3.18. The quantitative estimate of drug-likeness (QED) is 0.707. The predicted octanol–water partition coefficient (Wildman–Crippen LogP) is 4.08. The van der Waals surface area contributed by atoms with Gasteiger partial charge in [-0.1, -0.05) is 15.9 Å². The van der Waals surface area contributed by atoms with Crippen LogP contribution in [0.25, 0.3) is 0 Å². The van der Waals surface area contributed by atoms with Gasteiger partial charge in [0, 0.05) is 4.47 Å². The molecule has 0 heterocycles. The van der Waals surface area contributed by atoms with Crippen molar-refractivity contribution in [3.63, 3.8) is 0 Å². The number of hydrogen-bond acceptors (Lipinski definition) is 1. The molecule has 1 aromatic rings. The van der Waals surface area contributed by atoms with Crippen molar-refractivity contribution in [2.45, 2.75) is 6.18 Å². The van der Waals surface area contributed by atoms with Crippen LogP contribution < -0.4 is 0 Å². The van der Waals surface area contributed by atoms with E-state index >= 15 is 0 Å². The molecule has 0 aliphatic carbocycles. The maximum absolute atomic E-state index is 13.0. The first-order valence-corrected chi connectivity index (χ1v) is 4.77. The van der Waals surface area contributed by atoms with Gasteiger partial charge in [-0.3, -0.25) is 0 Å². The van der Waals surface area contributed by atoms with Gasteiger partial charge in [0.15, 0.2) is 11.6 Å². The molecular weight excluding hydrogens is 336 g/mol. The minimum Gasteiger partial charge on any atom is -0.504 e. The molecule has 1 aromatic carbocycles. The van der Waals surface area contributed by atoms with Crippen molar-refractivity contribution in [2.75, 3.05) is 0 Å². The van der Waals surface area contributed by atoms with Gasteiger partial charge in [-0.05, 0) is 22.0 Å². The molecular formula is C7H2Br2F4O. The third kappa shape index (κ3) is 2.03. The lowest BCUT2D eigenvalue weighted by atomic mass is 10.2. The molecule has 1 N–H and O–H groups in total. The number of halogens is 6. The fourth-order valence-electron chi connectivity index (χ4n) is 0.840. The van der Waals surface area contributed by atoms with E-state index in [1.165, 1.54) is 0 Å². The molecule has 0 fully saturated rings. The fraction of sp³-hybridized carbons (Fsp3) is 0.143. The highest BCUT2D eigenvalue weighted by atomic mass is 79.9. The predicted molar refractivity (Wildman–Crippen MR) is 48.5 cm³/mol. The molecule has 0 aromatic heterocycles. The van der Waals surface area contributed by atoms with Crippen LogP contribution in [0.1, 0.15) is 5.56 Å². The average Bonchev–Trinajstić information content (AvgIpc) is 1.97. The second kappa shape index (κ2) is 3.69. The molecule has 1 rings (SSSR count). The molecule has 0 unspecified atom stereocenters. The Morgan fingerprint density at radius 1 is 1.14 bits per heavy atom. The molecule has 0 bridgehead atoms. The van der Waals surface area contributed by atoms with E-state index in [9.17, 15) is 17.6 Å². The average molecular weight is 338 g/mol. The van der Waals surface area contributed by atoms with Crippen LogP contribution in [0.15, 0.2) is 15.0 Å². The zero-order valence-corrected chi connectivity index (χ0v) is 9.46. The Balaban J connectivity index is 3.53. The topological polar surface area (TPSA) is 20.2 Å². The van der Waals surface area contributed by atoms with E-state index in [0.29, 0.717) is 0 Å². The van der Waals surface area contributed by atoms with Gasteiger partial charge in [-0.25, -0.2) is 4.39 Å². The highest BCUT2D eigenvalue weighted by Gasteiger charge is 2.38.